The summed E-state index contributed by atoms with van der Waals surface area (Å²) in [5, 5.41) is 6.37. The van der Waals surface area contributed by atoms with Gasteiger partial charge in [0.25, 0.3) is 5.89 Å². The van der Waals surface area contributed by atoms with Crippen molar-refractivity contribution in [3.05, 3.63) is 41.3 Å². The zero-order valence-electron chi connectivity index (χ0n) is 15.3. The van der Waals surface area contributed by atoms with Crippen molar-refractivity contribution >= 4 is 21.8 Å². The fourth-order valence-electron chi connectivity index (χ4n) is 3.23. The Balaban J connectivity index is 1.99. The molecule has 4 aromatic rings. The molecule has 4 rings (SSSR count). The lowest BCUT2D eigenvalue weighted by Gasteiger charge is -2.19. The minimum atomic E-state index is 0.101. The van der Waals surface area contributed by atoms with Crippen molar-refractivity contribution in [1.82, 2.24) is 20.1 Å². The quantitative estimate of drug-likeness (QED) is 0.564. The third-order valence-electron chi connectivity index (χ3n) is 4.73. The predicted molar refractivity (Wildman–Crippen MR) is 99.7 cm³/mol. The highest BCUT2D eigenvalue weighted by atomic mass is 16.5. The van der Waals surface area contributed by atoms with E-state index in [1.165, 1.54) is 16.3 Å². The number of pyridine rings is 1. The Hall–Kier alpha value is -2.69. The van der Waals surface area contributed by atoms with E-state index in [9.17, 15) is 0 Å². The predicted octanol–water partition coefficient (Wildman–Crippen LogP) is 4.93. The molecule has 0 aliphatic heterocycles. The highest BCUT2D eigenvalue weighted by molar-refractivity contribution is 6.10. The normalized spacial score (nSPS) is 12.4. The summed E-state index contributed by atoms with van der Waals surface area (Å²) in [6, 6.07) is 6.61. The minimum absolute atomic E-state index is 0.101. The lowest BCUT2D eigenvalue weighted by atomic mass is 9.86. The molecule has 0 saturated heterocycles. The molecule has 1 aromatic carbocycles. The Morgan fingerprint density at radius 2 is 1.96 bits per heavy atom. The van der Waals surface area contributed by atoms with Crippen LogP contribution in [0.5, 0.6) is 0 Å². The first-order valence-electron chi connectivity index (χ1n) is 8.63. The first kappa shape index (κ1) is 15.8. The molecule has 0 aliphatic carbocycles. The Morgan fingerprint density at radius 3 is 2.64 bits per heavy atom. The molecule has 3 aromatic heterocycles. The van der Waals surface area contributed by atoms with E-state index in [0.29, 0.717) is 11.7 Å². The summed E-state index contributed by atoms with van der Waals surface area (Å²) in [7, 11) is 0. The van der Waals surface area contributed by atoms with Crippen molar-refractivity contribution in [2.24, 2.45) is 0 Å². The van der Waals surface area contributed by atoms with Gasteiger partial charge in [-0.15, -0.1) is 0 Å². The van der Waals surface area contributed by atoms with E-state index in [1.807, 2.05) is 13.1 Å². The molecule has 0 radical (unpaired) electrons. The largest absolute Gasteiger partial charge is 0.353 e. The summed E-state index contributed by atoms with van der Waals surface area (Å²) in [6.45, 7) is 10.8. The summed E-state index contributed by atoms with van der Waals surface area (Å²) in [4.78, 5) is 12.5. The van der Waals surface area contributed by atoms with E-state index < -0.39 is 0 Å². The van der Waals surface area contributed by atoms with Crippen LogP contribution in [0.1, 0.15) is 44.6 Å². The molecule has 0 bridgehead atoms. The van der Waals surface area contributed by atoms with Gasteiger partial charge >= 0.3 is 0 Å². The molecule has 0 saturated carbocycles. The maximum atomic E-state index is 5.40. The topological polar surface area (TPSA) is 67.6 Å². The minimum Gasteiger partial charge on any atom is -0.353 e. The van der Waals surface area contributed by atoms with Crippen molar-refractivity contribution < 1.29 is 4.52 Å². The van der Waals surface area contributed by atoms with Gasteiger partial charge in [-0.2, -0.15) is 4.98 Å². The molecular weight excluding hydrogens is 312 g/mol. The molecule has 0 atom stereocenters. The van der Waals surface area contributed by atoms with Crippen LogP contribution in [0.15, 0.2) is 28.9 Å². The van der Waals surface area contributed by atoms with Crippen molar-refractivity contribution in [3.63, 3.8) is 0 Å². The van der Waals surface area contributed by atoms with Gasteiger partial charge in [-0.25, -0.2) is 4.98 Å². The number of nitrogens with zero attached hydrogens (tertiary/aromatic N) is 3. The summed E-state index contributed by atoms with van der Waals surface area (Å²) in [5.41, 5.74) is 5.36. The highest BCUT2D eigenvalue weighted by Gasteiger charge is 2.19. The van der Waals surface area contributed by atoms with Gasteiger partial charge in [0.2, 0.25) is 0 Å². The molecule has 0 aliphatic rings. The van der Waals surface area contributed by atoms with E-state index in [1.54, 1.807) is 0 Å². The van der Waals surface area contributed by atoms with Gasteiger partial charge in [-0.1, -0.05) is 38.9 Å². The second-order valence-electron chi connectivity index (χ2n) is 7.53. The number of rotatable bonds is 2. The standard InChI is InChI=1S/C20H22N4O/c1-6-16-23-19(25-24-16)18-11(2)17-13-9-12(20(3,4)5)7-8-14(13)22-15(17)10-21-18/h7-10,22H,6H2,1-5H3. The van der Waals surface area contributed by atoms with Crippen LogP contribution >= 0.6 is 0 Å². The number of aromatic amines is 1. The molecule has 25 heavy (non-hydrogen) atoms. The summed E-state index contributed by atoms with van der Waals surface area (Å²) in [6.07, 6.45) is 2.59. The second-order valence-corrected chi connectivity index (χ2v) is 7.53. The monoisotopic (exact) mass is 334 g/mol. The van der Waals surface area contributed by atoms with E-state index in [2.05, 4.69) is 66.0 Å². The second kappa shape index (κ2) is 5.41. The number of benzene rings is 1. The molecule has 3 heterocycles. The number of hydrogen-bond acceptors (Lipinski definition) is 4. The smallest absolute Gasteiger partial charge is 0.276 e. The Bertz CT molecular complexity index is 1080. The molecule has 5 heteroatoms. The molecule has 0 amide bonds. The Kier molecular flexibility index (Phi) is 3.42. The average Bonchev–Trinajstić information content (AvgIpc) is 3.17. The molecule has 5 nitrogen and oxygen atoms in total. The third kappa shape index (κ3) is 2.51. The lowest BCUT2D eigenvalue weighted by molar-refractivity contribution is 0.422. The van der Waals surface area contributed by atoms with Crippen LogP contribution in [0, 0.1) is 6.92 Å². The SMILES string of the molecule is CCc1noc(-c2ncc3[nH]c4ccc(C(C)(C)C)cc4c3c2C)n1. The van der Waals surface area contributed by atoms with Gasteiger partial charge < -0.3 is 9.51 Å². The highest BCUT2D eigenvalue weighted by Crippen LogP contribution is 2.34. The lowest BCUT2D eigenvalue weighted by Crippen LogP contribution is -2.10. The molecule has 0 fully saturated rings. The number of aromatic nitrogens is 4. The fraction of sp³-hybridized carbons (Fsp3) is 0.350. The number of hydrogen-bond donors (Lipinski definition) is 1. The zero-order valence-corrected chi connectivity index (χ0v) is 15.3. The number of aryl methyl sites for hydroxylation is 2. The summed E-state index contributed by atoms with van der Waals surface area (Å²) < 4.78 is 5.40. The van der Waals surface area contributed by atoms with E-state index in [0.717, 1.165) is 28.7 Å². The number of fused-ring (bicyclic) bond motifs is 3. The van der Waals surface area contributed by atoms with Crippen molar-refractivity contribution in [2.75, 3.05) is 0 Å². The zero-order chi connectivity index (χ0) is 17.8. The van der Waals surface area contributed by atoms with Gasteiger partial charge in [0.1, 0.15) is 5.69 Å². The maximum absolute atomic E-state index is 5.40. The van der Waals surface area contributed by atoms with E-state index in [4.69, 9.17) is 4.52 Å². The van der Waals surface area contributed by atoms with Crippen LogP contribution in [-0.2, 0) is 11.8 Å². The van der Waals surface area contributed by atoms with Gasteiger partial charge in [0, 0.05) is 22.7 Å². The van der Waals surface area contributed by atoms with Crippen LogP contribution in [0.3, 0.4) is 0 Å². The van der Waals surface area contributed by atoms with Gasteiger partial charge in [0.05, 0.1) is 11.7 Å². The molecule has 128 valence electrons. The Morgan fingerprint density at radius 1 is 1.16 bits per heavy atom. The van der Waals surface area contributed by atoms with Gasteiger partial charge in [0.15, 0.2) is 5.82 Å². The van der Waals surface area contributed by atoms with Crippen molar-refractivity contribution in [2.45, 2.75) is 46.5 Å². The molecular formula is C20H22N4O. The van der Waals surface area contributed by atoms with Crippen LogP contribution in [0.25, 0.3) is 33.4 Å². The summed E-state index contributed by atoms with van der Waals surface area (Å²) >= 11 is 0. The van der Waals surface area contributed by atoms with E-state index >= 15 is 0 Å². The first-order valence-corrected chi connectivity index (χ1v) is 8.63. The van der Waals surface area contributed by atoms with Gasteiger partial charge in [-0.3, -0.25) is 0 Å². The molecule has 1 N–H and O–H groups in total. The maximum Gasteiger partial charge on any atom is 0.276 e. The van der Waals surface area contributed by atoms with Crippen molar-refractivity contribution in [1.29, 1.82) is 0 Å². The van der Waals surface area contributed by atoms with Crippen LogP contribution in [-0.4, -0.2) is 20.1 Å². The van der Waals surface area contributed by atoms with E-state index in [-0.39, 0.29) is 5.41 Å². The van der Waals surface area contributed by atoms with Crippen LogP contribution < -0.4 is 0 Å². The average molecular weight is 334 g/mol. The van der Waals surface area contributed by atoms with Crippen LogP contribution in [0.4, 0.5) is 0 Å². The van der Waals surface area contributed by atoms with Crippen molar-refractivity contribution in [3.8, 4) is 11.6 Å². The summed E-state index contributed by atoms with van der Waals surface area (Å²) in [5.74, 6) is 1.18. The van der Waals surface area contributed by atoms with Crippen LogP contribution in [0.2, 0.25) is 0 Å². The first-order chi connectivity index (χ1) is 11.9. The van der Waals surface area contributed by atoms with Gasteiger partial charge in [-0.05, 0) is 35.6 Å². The number of H-pyrrole nitrogens is 1. The molecule has 0 spiro atoms. The third-order valence-corrected chi connectivity index (χ3v) is 4.73. The fourth-order valence-corrected chi connectivity index (χ4v) is 3.23. The Labute approximate surface area is 146 Å². The number of nitrogens with one attached hydrogen (secondary N) is 1. The molecule has 0 unspecified atom stereocenters.